The number of hydrogen-bond acceptors (Lipinski definition) is 2. The zero-order valence-electron chi connectivity index (χ0n) is 12.5. The Kier molecular flexibility index (Phi) is 4.60. The number of primary amides is 1. The molecular weight excluding hydrogens is 270 g/mol. The highest BCUT2D eigenvalue weighted by Gasteiger charge is 2.20. The molecule has 1 aliphatic rings. The van der Waals surface area contributed by atoms with E-state index in [0.29, 0.717) is 10.2 Å². The molecule has 2 heterocycles. The quantitative estimate of drug-likeness (QED) is 0.823. The number of rotatable bonds is 3. The van der Waals surface area contributed by atoms with Crippen LogP contribution >= 0.6 is 12.2 Å². The van der Waals surface area contributed by atoms with Crippen LogP contribution in [0.25, 0.3) is 0 Å². The van der Waals surface area contributed by atoms with Crippen LogP contribution in [0.3, 0.4) is 0 Å². The number of carbonyl (C=O) groups excluding carboxylic acids is 1. The van der Waals surface area contributed by atoms with Gasteiger partial charge in [0.15, 0.2) is 6.67 Å². The molecule has 0 radical (unpaired) electrons. The lowest BCUT2D eigenvalue weighted by molar-refractivity contribution is -0.928. The van der Waals surface area contributed by atoms with E-state index in [0.717, 1.165) is 23.8 Å². The predicted molar refractivity (Wildman–Crippen MR) is 82.4 cm³/mol. The lowest BCUT2D eigenvalue weighted by Gasteiger charge is -2.29. The van der Waals surface area contributed by atoms with E-state index < -0.39 is 5.91 Å². The van der Waals surface area contributed by atoms with Gasteiger partial charge in [0.25, 0.3) is 5.91 Å². The molecule has 5 heteroatoms. The highest BCUT2D eigenvalue weighted by Crippen LogP contribution is 2.13. The number of piperidine rings is 1. The summed E-state index contributed by atoms with van der Waals surface area (Å²) in [7, 11) is 0. The van der Waals surface area contributed by atoms with Crippen LogP contribution in [0.2, 0.25) is 0 Å². The first-order valence-electron chi connectivity index (χ1n) is 7.24. The molecule has 20 heavy (non-hydrogen) atoms. The highest BCUT2D eigenvalue weighted by molar-refractivity contribution is 7.71. The van der Waals surface area contributed by atoms with E-state index in [4.69, 9.17) is 18.0 Å². The van der Waals surface area contributed by atoms with Gasteiger partial charge in [-0.05, 0) is 44.2 Å². The van der Waals surface area contributed by atoms with Crippen molar-refractivity contribution in [3.05, 3.63) is 27.5 Å². The molecule has 1 aliphatic heterocycles. The third-order valence-corrected chi connectivity index (χ3v) is 4.74. The molecule has 0 atom stereocenters. The summed E-state index contributed by atoms with van der Waals surface area (Å²) in [6.07, 6.45) is 2.52. The normalized spacial score (nSPS) is 22.8. The number of nitrogens with two attached hydrogens (primary N) is 1. The highest BCUT2D eigenvalue weighted by atomic mass is 32.1. The van der Waals surface area contributed by atoms with Gasteiger partial charge in [0.05, 0.1) is 18.7 Å². The van der Waals surface area contributed by atoms with Crippen LogP contribution in [0, 0.1) is 24.4 Å². The lowest BCUT2D eigenvalue weighted by atomic mass is 10.00. The molecule has 1 amide bonds. The van der Waals surface area contributed by atoms with Gasteiger partial charge in [-0.2, -0.15) is 0 Å². The van der Waals surface area contributed by atoms with Crippen molar-refractivity contribution < 1.29 is 9.69 Å². The fourth-order valence-corrected chi connectivity index (χ4v) is 3.45. The van der Waals surface area contributed by atoms with Gasteiger partial charge in [-0.15, -0.1) is 0 Å². The van der Waals surface area contributed by atoms with Crippen LogP contribution in [-0.2, 0) is 6.67 Å². The molecule has 0 unspecified atom stereocenters. The molecular formula is C15H24N3OS+. The molecule has 1 aromatic heterocycles. The van der Waals surface area contributed by atoms with Gasteiger partial charge in [0.1, 0.15) is 4.64 Å². The number of aromatic nitrogens is 1. The van der Waals surface area contributed by atoms with Crippen LogP contribution in [0.4, 0.5) is 0 Å². The zero-order valence-corrected chi connectivity index (χ0v) is 13.3. The van der Waals surface area contributed by atoms with Crippen LogP contribution in [0.5, 0.6) is 0 Å². The third-order valence-electron chi connectivity index (χ3n) is 4.31. The van der Waals surface area contributed by atoms with E-state index >= 15 is 0 Å². The maximum absolute atomic E-state index is 11.6. The number of carbonyl (C=O) groups is 1. The Morgan fingerprint density at radius 3 is 2.60 bits per heavy atom. The van der Waals surface area contributed by atoms with Crippen molar-refractivity contribution >= 4 is 18.1 Å². The van der Waals surface area contributed by atoms with Gasteiger partial charge in [-0.1, -0.05) is 19.1 Å². The van der Waals surface area contributed by atoms with Crippen molar-refractivity contribution in [2.45, 2.75) is 40.3 Å². The maximum Gasteiger partial charge on any atom is 0.251 e. The fraction of sp³-hybridized carbons (Fsp3) is 0.600. The Hall–Kier alpha value is -1.20. The van der Waals surface area contributed by atoms with Crippen molar-refractivity contribution in [2.75, 3.05) is 13.1 Å². The summed E-state index contributed by atoms with van der Waals surface area (Å²) >= 11 is 5.48. The van der Waals surface area contributed by atoms with Crippen LogP contribution in [0.15, 0.2) is 6.07 Å². The number of likely N-dealkylation sites (tertiary alicyclic amines) is 1. The topological polar surface area (TPSA) is 52.5 Å². The smallest absolute Gasteiger partial charge is 0.251 e. The second kappa shape index (κ2) is 6.06. The minimum Gasteiger partial charge on any atom is -0.365 e. The summed E-state index contributed by atoms with van der Waals surface area (Å²) in [5.74, 6) is 0.399. The number of pyridine rings is 1. The van der Waals surface area contributed by atoms with E-state index in [1.54, 1.807) is 0 Å². The number of nitrogens with zero attached hydrogens (tertiary/aromatic N) is 1. The predicted octanol–water partition coefficient (Wildman–Crippen LogP) is 1.21. The van der Waals surface area contributed by atoms with Crippen LogP contribution < -0.4 is 10.6 Å². The van der Waals surface area contributed by atoms with Gasteiger partial charge in [-0.3, -0.25) is 9.36 Å². The van der Waals surface area contributed by atoms with Crippen molar-refractivity contribution in [2.24, 2.45) is 11.7 Å². The SMILES string of the molecule is Cc1cc(C)n(C[NH+]2CCC(C)CC2)c(=S)c1C(N)=O. The van der Waals surface area contributed by atoms with Gasteiger partial charge in [0.2, 0.25) is 0 Å². The average molecular weight is 294 g/mol. The molecule has 0 spiro atoms. The molecule has 0 saturated carbocycles. The van der Waals surface area contributed by atoms with Crippen LogP contribution in [-0.4, -0.2) is 23.6 Å². The second-order valence-electron chi connectivity index (χ2n) is 6.03. The summed E-state index contributed by atoms with van der Waals surface area (Å²) in [5, 5.41) is 0. The lowest BCUT2D eigenvalue weighted by Crippen LogP contribution is -3.12. The zero-order chi connectivity index (χ0) is 14.9. The maximum atomic E-state index is 11.6. The monoisotopic (exact) mass is 294 g/mol. The number of quaternary nitrogens is 1. The van der Waals surface area contributed by atoms with Gasteiger partial charge < -0.3 is 10.6 Å². The Balaban J connectivity index is 2.30. The molecule has 110 valence electrons. The van der Waals surface area contributed by atoms with Gasteiger partial charge >= 0.3 is 0 Å². The van der Waals surface area contributed by atoms with Crippen molar-refractivity contribution in [3.8, 4) is 0 Å². The largest absolute Gasteiger partial charge is 0.365 e. The Morgan fingerprint density at radius 1 is 1.45 bits per heavy atom. The first-order valence-corrected chi connectivity index (χ1v) is 7.65. The first-order chi connectivity index (χ1) is 9.40. The summed E-state index contributed by atoms with van der Waals surface area (Å²) < 4.78 is 2.65. The Morgan fingerprint density at radius 2 is 2.05 bits per heavy atom. The van der Waals surface area contributed by atoms with E-state index in [1.165, 1.54) is 30.8 Å². The van der Waals surface area contributed by atoms with Gasteiger partial charge in [-0.25, -0.2) is 0 Å². The molecule has 1 fully saturated rings. The Labute approximate surface area is 125 Å². The molecule has 1 aromatic rings. The summed E-state index contributed by atoms with van der Waals surface area (Å²) in [6, 6.07) is 2.00. The Bertz CT molecular complexity index is 571. The minimum absolute atomic E-state index is 0.427. The molecule has 4 nitrogen and oxygen atoms in total. The summed E-state index contributed by atoms with van der Waals surface area (Å²) in [5.41, 5.74) is 7.93. The average Bonchev–Trinajstić information content (AvgIpc) is 2.36. The summed E-state index contributed by atoms with van der Waals surface area (Å²) in [4.78, 5) is 13.1. The standard InChI is InChI=1S/C15H23N3OS/c1-10-4-6-17(7-5-10)9-18-12(3)8-11(2)13(14(16)19)15(18)20/h8,10H,4-7,9H2,1-3H3,(H2,16,19)/p+1. The van der Waals surface area contributed by atoms with Gasteiger partial charge in [0, 0.05) is 5.69 Å². The number of nitrogens with one attached hydrogen (secondary N) is 1. The van der Waals surface area contributed by atoms with Crippen molar-refractivity contribution in [1.82, 2.24) is 4.57 Å². The van der Waals surface area contributed by atoms with Crippen molar-refractivity contribution in [1.29, 1.82) is 0 Å². The molecule has 0 bridgehead atoms. The van der Waals surface area contributed by atoms with E-state index in [1.807, 2.05) is 19.9 Å². The molecule has 0 aromatic carbocycles. The van der Waals surface area contributed by atoms with E-state index in [9.17, 15) is 4.79 Å². The number of amides is 1. The molecule has 2 rings (SSSR count). The second-order valence-corrected chi connectivity index (χ2v) is 6.42. The van der Waals surface area contributed by atoms with Crippen molar-refractivity contribution in [3.63, 3.8) is 0 Å². The van der Waals surface area contributed by atoms with Crippen LogP contribution in [0.1, 0.15) is 41.4 Å². The van der Waals surface area contributed by atoms with E-state index in [-0.39, 0.29) is 0 Å². The molecule has 1 saturated heterocycles. The minimum atomic E-state index is -0.427. The first kappa shape index (κ1) is 15.2. The van der Waals surface area contributed by atoms with E-state index in [2.05, 4.69) is 11.5 Å². The summed E-state index contributed by atoms with van der Waals surface area (Å²) in [6.45, 7) is 9.41. The molecule has 0 aliphatic carbocycles. The third kappa shape index (κ3) is 3.10. The molecule has 3 N–H and O–H groups in total. The number of hydrogen-bond donors (Lipinski definition) is 2. The fourth-order valence-electron chi connectivity index (χ4n) is 2.98. The number of aryl methyl sites for hydroxylation is 2.